The number of hydrogen-bond acceptors (Lipinski definition) is 3. The molecular formula is C11H11Cl2N3O2S. The van der Waals surface area contributed by atoms with Crippen LogP contribution in [0.1, 0.15) is 5.56 Å². The zero-order valence-electron chi connectivity index (χ0n) is 9.97. The molecule has 0 saturated carbocycles. The van der Waals surface area contributed by atoms with Crippen LogP contribution < -0.4 is 0 Å². The lowest BCUT2D eigenvalue weighted by molar-refractivity contribution is 0.467. The van der Waals surface area contributed by atoms with Gasteiger partial charge in [0.1, 0.15) is 4.90 Å². The van der Waals surface area contributed by atoms with Crippen molar-refractivity contribution in [2.45, 2.75) is 11.4 Å². The number of nitrogens with one attached hydrogen (secondary N) is 1. The Balaban J connectivity index is 2.21. The van der Waals surface area contributed by atoms with Gasteiger partial charge in [0.05, 0.1) is 16.2 Å². The number of benzene rings is 1. The van der Waals surface area contributed by atoms with E-state index >= 15 is 0 Å². The van der Waals surface area contributed by atoms with Crippen molar-refractivity contribution in [1.82, 2.24) is 14.5 Å². The fourth-order valence-electron chi connectivity index (χ4n) is 1.54. The highest BCUT2D eigenvalue weighted by Crippen LogP contribution is 2.24. The lowest BCUT2D eigenvalue weighted by Crippen LogP contribution is -2.26. The van der Waals surface area contributed by atoms with Gasteiger partial charge in [0, 0.05) is 19.8 Å². The summed E-state index contributed by atoms with van der Waals surface area (Å²) in [5.41, 5.74) is 0.754. The van der Waals surface area contributed by atoms with Crippen molar-refractivity contribution in [2.24, 2.45) is 0 Å². The number of rotatable bonds is 4. The summed E-state index contributed by atoms with van der Waals surface area (Å²) < 4.78 is 25.5. The van der Waals surface area contributed by atoms with E-state index in [9.17, 15) is 8.42 Å². The standard InChI is InChI=1S/C11H11Cl2N3O2S/c1-16(19(17,18)9-5-14-15-6-9)7-8-2-3-10(12)11(13)4-8/h2-6H,7H2,1H3,(H,14,15). The molecule has 0 radical (unpaired) electrons. The molecule has 0 saturated heterocycles. The van der Waals surface area contributed by atoms with E-state index in [1.54, 1.807) is 18.2 Å². The summed E-state index contributed by atoms with van der Waals surface area (Å²) in [6.45, 7) is 0.199. The van der Waals surface area contributed by atoms with Gasteiger partial charge >= 0.3 is 0 Å². The van der Waals surface area contributed by atoms with Crippen LogP contribution in [0.2, 0.25) is 10.0 Å². The van der Waals surface area contributed by atoms with Crippen LogP contribution >= 0.6 is 23.2 Å². The topological polar surface area (TPSA) is 66.1 Å². The first-order valence-electron chi connectivity index (χ1n) is 5.30. The van der Waals surface area contributed by atoms with Gasteiger partial charge in [-0.1, -0.05) is 29.3 Å². The van der Waals surface area contributed by atoms with E-state index in [4.69, 9.17) is 23.2 Å². The molecule has 2 rings (SSSR count). The summed E-state index contributed by atoms with van der Waals surface area (Å²) in [6.07, 6.45) is 2.60. The summed E-state index contributed by atoms with van der Waals surface area (Å²) in [5.74, 6) is 0. The molecule has 0 unspecified atom stereocenters. The molecule has 1 N–H and O–H groups in total. The third-order valence-corrected chi connectivity index (χ3v) is 5.08. The Labute approximate surface area is 121 Å². The zero-order valence-corrected chi connectivity index (χ0v) is 12.3. The van der Waals surface area contributed by atoms with Gasteiger partial charge in [0.15, 0.2) is 0 Å². The lowest BCUT2D eigenvalue weighted by Gasteiger charge is -2.16. The molecule has 1 heterocycles. The Bertz CT molecular complexity index is 671. The summed E-state index contributed by atoms with van der Waals surface area (Å²) in [4.78, 5) is 0.120. The van der Waals surface area contributed by atoms with Crippen molar-refractivity contribution in [3.63, 3.8) is 0 Å². The van der Waals surface area contributed by atoms with Crippen molar-refractivity contribution >= 4 is 33.2 Å². The van der Waals surface area contributed by atoms with Crippen LogP contribution in [-0.2, 0) is 16.6 Å². The van der Waals surface area contributed by atoms with E-state index in [0.29, 0.717) is 10.0 Å². The van der Waals surface area contributed by atoms with Gasteiger partial charge in [0.25, 0.3) is 0 Å². The van der Waals surface area contributed by atoms with Crippen LogP contribution in [0.15, 0.2) is 35.5 Å². The van der Waals surface area contributed by atoms with Gasteiger partial charge in [-0.05, 0) is 17.7 Å². The molecule has 2 aromatic rings. The van der Waals surface area contributed by atoms with Crippen molar-refractivity contribution in [3.05, 3.63) is 46.2 Å². The molecule has 5 nitrogen and oxygen atoms in total. The van der Waals surface area contributed by atoms with Crippen LogP contribution in [0, 0.1) is 0 Å². The fourth-order valence-corrected chi connectivity index (χ4v) is 2.93. The number of aromatic amines is 1. The molecule has 0 aliphatic rings. The summed E-state index contributed by atoms with van der Waals surface area (Å²) in [6, 6.07) is 5.01. The fraction of sp³-hybridized carbons (Fsp3) is 0.182. The van der Waals surface area contributed by atoms with Crippen molar-refractivity contribution in [1.29, 1.82) is 0 Å². The van der Waals surface area contributed by atoms with E-state index in [1.807, 2.05) is 0 Å². The smallest absolute Gasteiger partial charge is 0.246 e. The molecule has 102 valence electrons. The first-order chi connectivity index (χ1) is 8.91. The summed E-state index contributed by atoms with van der Waals surface area (Å²) in [7, 11) is -2.06. The summed E-state index contributed by atoms with van der Waals surface area (Å²) >= 11 is 11.7. The number of sulfonamides is 1. The molecule has 1 aromatic carbocycles. The third kappa shape index (κ3) is 3.09. The van der Waals surface area contributed by atoms with Gasteiger partial charge in [-0.2, -0.15) is 9.40 Å². The van der Waals surface area contributed by atoms with E-state index < -0.39 is 10.0 Å². The third-order valence-electron chi connectivity index (χ3n) is 2.57. The maximum absolute atomic E-state index is 12.2. The predicted octanol–water partition coefficient (Wildman–Crippen LogP) is 2.54. The quantitative estimate of drug-likeness (QED) is 0.941. The molecule has 0 fully saturated rings. The lowest BCUT2D eigenvalue weighted by atomic mass is 10.2. The van der Waals surface area contributed by atoms with Crippen LogP contribution in [0.4, 0.5) is 0 Å². The monoisotopic (exact) mass is 319 g/mol. The number of hydrogen-bond donors (Lipinski definition) is 1. The van der Waals surface area contributed by atoms with Gasteiger partial charge in [-0.15, -0.1) is 0 Å². The Morgan fingerprint density at radius 2 is 2.05 bits per heavy atom. The highest BCUT2D eigenvalue weighted by Gasteiger charge is 2.21. The maximum atomic E-state index is 12.2. The SMILES string of the molecule is CN(Cc1ccc(Cl)c(Cl)c1)S(=O)(=O)c1cn[nH]c1. The Hall–Kier alpha value is -1.08. The van der Waals surface area contributed by atoms with Gasteiger partial charge in [0.2, 0.25) is 10.0 Å². The molecule has 0 amide bonds. The predicted molar refractivity (Wildman–Crippen MR) is 73.7 cm³/mol. The first-order valence-corrected chi connectivity index (χ1v) is 7.50. The average Bonchev–Trinajstić information content (AvgIpc) is 2.88. The second-order valence-corrected chi connectivity index (χ2v) is 6.80. The molecule has 0 bridgehead atoms. The zero-order chi connectivity index (χ0) is 14.0. The Morgan fingerprint density at radius 1 is 1.32 bits per heavy atom. The number of aromatic nitrogens is 2. The molecule has 19 heavy (non-hydrogen) atoms. The van der Waals surface area contributed by atoms with Crippen molar-refractivity contribution in [3.8, 4) is 0 Å². The number of halogens is 2. The Morgan fingerprint density at radius 3 is 2.63 bits per heavy atom. The van der Waals surface area contributed by atoms with Gasteiger partial charge < -0.3 is 0 Å². The first kappa shape index (κ1) is 14.3. The van der Waals surface area contributed by atoms with Crippen LogP contribution in [-0.4, -0.2) is 30.0 Å². The van der Waals surface area contributed by atoms with E-state index in [0.717, 1.165) is 5.56 Å². The minimum absolute atomic E-state index is 0.120. The maximum Gasteiger partial charge on any atom is 0.246 e. The molecule has 0 spiro atoms. The normalized spacial score (nSPS) is 12.0. The summed E-state index contributed by atoms with van der Waals surface area (Å²) in [5, 5.41) is 6.94. The molecule has 1 aromatic heterocycles. The molecule has 0 atom stereocenters. The van der Waals surface area contributed by atoms with Crippen LogP contribution in [0.5, 0.6) is 0 Å². The van der Waals surface area contributed by atoms with Crippen molar-refractivity contribution < 1.29 is 8.42 Å². The van der Waals surface area contributed by atoms with Gasteiger partial charge in [-0.3, -0.25) is 5.10 Å². The van der Waals surface area contributed by atoms with E-state index in [-0.39, 0.29) is 11.4 Å². The average molecular weight is 320 g/mol. The molecule has 0 aliphatic carbocycles. The van der Waals surface area contributed by atoms with E-state index in [2.05, 4.69) is 10.2 Å². The number of H-pyrrole nitrogens is 1. The van der Waals surface area contributed by atoms with Gasteiger partial charge in [-0.25, -0.2) is 8.42 Å². The largest absolute Gasteiger partial charge is 0.284 e. The number of nitrogens with zero attached hydrogens (tertiary/aromatic N) is 2. The van der Waals surface area contributed by atoms with Crippen LogP contribution in [0.3, 0.4) is 0 Å². The van der Waals surface area contributed by atoms with E-state index in [1.165, 1.54) is 23.7 Å². The van der Waals surface area contributed by atoms with Crippen LogP contribution in [0.25, 0.3) is 0 Å². The molecular weight excluding hydrogens is 309 g/mol. The highest BCUT2D eigenvalue weighted by molar-refractivity contribution is 7.89. The van der Waals surface area contributed by atoms with Crippen molar-refractivity contribution in [2.75, 3.05) is 7.05 Å². The molecule has 8 heteroatoms. The molecule has 0 aliphatic heterocycles. The second-order valence-electron chi connectivity index (χ2n) is 3.94. The minimum Gasteiger partial charge on any atom is -0.284 e. The highest BCUT2D eigenvalue weighted by atomic mass is 35.5. The minimum atomic E-state index is -3.55. The Kier molecular flexibility index (Phi) is 4.15. The second kappa shape index (κ2) is 5.50.